The molecule has 196 valence electrons. The SMILES string of the molecule is O=C(COc1ccc([C@@H]2c3sc(=O)[nH]c3S[C@H]3C(=O)N(c4ccc(Br)cc4)C(=O)[C@@H]23)cc1)N1CCOCC1. The maximum atomic E-state index is 13.8. The lowest BCUT2D eigenvalue weighted by Gasteiger charge is -2.30. The third-order valence-corrected chi connectivity index (χ3v) is 9.80. The molecular formula is C26H22BrN3O6S2. The van der Waals surface area contributed by atoms with Crippen LogP contribution in [0.15, 0.2) is 62.8 Å². The molecule has 1 aromatic heterocycles. The molecule has 6 rings (SSSR count). The Labute approximate surface area is 234 Å². The number of aromatic amines is 1. The van der Waals surface area contributed by atoms with Crippen molar-refractivity contribution in [2.45, 2.75) is 16.2 Å². The Morgan fingerprint density at radius 2 is 1.74 bits per heavy atom. The minimum absolute atomic E-state index is 0.0805. The molecule has 2 aromatic carbocycles. The van der Waals surface area contributed by atoms with Gasteiger partial charge >= 0.3 is 4.87 Å². The molecule has 12 heteroatoms. The summed E-state index contributed by atoms with van der Waals surface area (Å²) in [6.45, 7) is 2.07. The zero-order valence-corrected chi connectivity index (χ0v) is 23.1. The smallest absolute Gasteiger partial charge is 0.305 e. The van der Waals surface area contributed by atoms with E-state index in [-0.39, 0.29) is 29.2 Å². The molecule has 1 N–H and O–H groups in total. The van der Waals surface area contributed by atoms with Gasteiger partial charge < -0.3 is 19.4 Å². The second kappa shape index (κ2) is 10.3. The van der Waals surface area contributed by atoms with Gasteiger partial charge in [-0.05, 0) is 42.0 Å². The number of fused-ring (bicyclic) bond motifs is 2. The Morgan fingerprint density at radius 1 is 1.03 bits per heavy atom. The fourth-order valence-electron chi connectivity index (χ4n) is 5.04. The van der Waals surface area contributed by atoms with Crippen LogP contribution in [0.2, 0.25) is 0 Å². The van der Waals surface area contributed by atoms with Crippen molar-refractivity contribution in [3.05, 3.63) is 73.1 Å². The number of thiazole rings is 1. The first kappa shape index (κ1) is 25.4. The second-order valence-corrected chi connectivity index (χ2v) is 12.2. The van der Waals surface area contributed by atoms with E-state index in [0.29, 0.717) is 42.8 Å². The third-order valence-electron chi connectivity index (χ3n) is 6.87. The molecule has 0 aliphatic carbocycles. The molecule has 4 heterocycles. The normalized spacial score (nSPS) is 22.8. The van der Waals surface area contributed by atoms with Crippen LogP contribution in [0, 0.1) is 5.92 Å². The number of carbonyl (C=O) groups excluding carboxylic acids is 3. The van der Waals surface area contributed by atoms with E-state index in [4.69, 9.17) is 9.47 Å². The van der Waals surface area contributed by atoms with Crippen molar-refractivity contribution in [2.24, 2.45) is 5.92 Å². The van der Waals surface area contributed by atoms with Crippen molar-refractivity contribution in [2.75, 3.05) is 37.8 Å². The van der Waals surface area contributed by atoms with E-state index in [1.165, 1.54) is 16.7 Å². The van der Waals surface area contributed by atoms with Gasteiger partial charge in [-0.3, -0.25) is 19.2 Å². The number of hydrogen-bond donors (Lipinski definition) is 1. The molecule has 0 spiro atoms. The quantitative estimate of drug-likeness (QED) is 0.439. The van der Waals surface area contributed by atoms with Crippen molar-refractivity contribution < 1.29 is 23.9 Å². The maximum Gasteiger partial charge on any atom is 0.305 e. The lowest BCUT2D eigenvalue weighted by Crippen LogP contribution is -2.42. The first-order valence-electron chi connectivity index (χ1n) is 12.0. The van der Waals surface area contributed by atoms with Gasteiger partial charge in [0, 0.05) is 28.4 Å². The standard InChI is InChI=1S/C26H22BrN3O6S2/c27-15-3-5-16(6-4-15)30-24(32)20-19(21-23(28-26(34)38-21)37-22(20)25(30)33)14-1-7-17(8-2-14)36-13-18(31)29-9-11-35-12-10-29/h1-8,19-20,22H,9-13H2,(H,28,34)/t19-,20-,22+/m0/s1. The summed E-state index contributed by atoms with van der Waals surface area (Å²) in [6.07, 6.45) is 0. The van der Waals surface area contributed by atoms with Crippen LogP contribution in [0.5, 0.6) is 5.75 Å². The number of amides is 3. The topological polar surface area (TPSA) is 109 Å². The van der Waals surface area contributed by atoms with Gasteiger partial charge in [-0.1, -0.05) is 51.2 Å². The Morgan fingerprint density at radius 3 is 2.45 bits per heavy atom. The second-order valence-electron chi connectivity index (χ2n) is 9.09. The van der Waals surface area contributed by atoms with Crippen LogP contribution < -0.4 is 14.5 Å². The van der Waals surface area contributed by atoms with E-state index in [0.717, 1.165) is 26.3 Å². The molecule has 3 amide bonds. The van der Waals surface area contributed by atoms with Crippen molar-refractivity contribution in [1.82, 2.24) is 9.88 Å². The molecule has 2 fully saturated rings. The number of anilines is 1. The number of benzene rings is 2. The number of imide groups is 1. The Kier molecular flexibility index (Phi) is 6.89. The number of nitrogens with zero attached hydrogens (tertiary/aromatic N) is 2. The van der Waals surface area contributed by atoms with Gasteiger partial charge in [0.2, 0.25) is 11.8 Å². The van der Waals surface area contributed by atoms with Gasteiger partial charge in [0.25, 0.3) is 5.91 Å². The number of carbonyl (C=O) groups is 3. The van der Waals surface area contributed by atoms with Gasteiger partial charge in [-0.15, -0.1) is 0 Å². The van der Waals surface area contributed by atoms with E-state index in [9.17, 15) is 19.2 Å². The largest absolute Gasteiger partial charge is 0.484 e. The molecule has 3 aliphatic rings. The number of morpholine rings is 1. The zero-order valence-electron chi connectivity index (χ0n) is 19.9. The molecule has 0 saturated carbocycles. The highest BCUT2D eigenvalue weighted by molar-refractivity contribution is 9.10. The first-order valence-corrected chi connectivity index (χ1v) is 14.5. The maximum absolute atomic E-state index is 13.8. The highest BCUT2D eigenvalue weighted by Crippen LogP contribution is 2.53. The summed E-state index contributed by atoms with van der Waals surface area (Å²) >= 11 is 5.70. The summed E-state index contributed by atoms with van der Waals surface area (Å²) < 4.78 is 11.9. The average Bonchev–Trinajstić information content (AvgIpc) is 3.43. The minimum atomic E-state index is -0.662. The molecule has 3 aliphatic heterocycles. The van der Waals surface area contributed by atoms with Crippen LogP contribution in [-0.4, -0.2) is 65.8 Å². The predicted octanol–water partition coefficient (Wildman–Crippen LogP) is 3.23. The Hall–Kier alpha value is -2.93. The highest BCUT2D eigenvalue weighted by atomic mass is 79.9. The van der Waals surface area contributed by atoms with Crippen LogP contribution in [0.25, 0.3) is 0 Å². The van der Waals surface area contributed by atoms with Crippen LogP contribution >= 0.6 is 39.0 Å². The zero-order chi connectivity index (χ0) is 26.4. The van der Waals surface area contributed by atoms with Crippen molar-refractivity contribution >= 4 is 62.4 Å². The summed E-state index contributed by atoms with van der Waals surface area (Å²) in [5, 5.41) is -0.0301. The lowest BCUT2D eigenvalue weighted by molar-refractivity contribution is -0.137. The molecule has 2 saturated heterocycles. The number of ether oxygens (including phenoxy) is 2. The van der Waals surface area contributed by atoms with E-state index < -0.39 is 17.1 Å². The van der Waals surface area contributed by atoms with E-state index >= 15 is 0 Å². The van der Waals surface area contributed by atoms with Gasteiger partial charge in [0.1, 0.15) is 11.0 Å². The third kappa shape index (κ3) is 4.59. The molecule has 0 unspecified atom stereocenters. The summed E-state index contributed by atoms with van der Waals surface area (Å²) in [7, 11) is 0. The summed E-state index contributed by atoms with van der Waals surface area (Å²) in [5.41, 5.74) is 1.31. The lowest BCUT2D eigenvalue weighted by atomic mass is 9.83. The molecule has 38 heavy (non-hydrogen) atoms. The Balaban J connectivity index is 1.27. The van der Waals surface area contributed by atoms with Gasteiger partial charge in [0.05, 0.1) is 29.8 Å². The first-order chi connectivity index (χ1) is 18.4. The fraction of sp³-hybridized carbons (Fsp3) is 0.308. The summed E-state index contributed by atoms with van der Waals surface area (Å²) in [5.74, 6) is -1.30. The summed E-state index contributed by atoms with van der Waals surface area (Å²) in [6, 6.07) is 14.2. The van der Waals surface area contributed by atoms with Gasteiger partial charge in [0.15, 0.2) is 6.61 Å². The Bertz CT molecular complexity index is 1450. The highest BCUT2D eigenvalue weighted by Gasteiger charge is 2.56. The van der Waals surface area contributed by atoms with E-state index in [1.54, 1.807) is 41.3 Å². The molecular weight excluding hydrogens is 594 g/mol. The number of halogens is 1. The van der Waals surface area contributed by atoms with Crippen LogP contribution in [0.4, 0.5) is 5.69 Å². The number of hydrogen-bond acceptors (Lipinski definition) is 8. The van der Waals surface area contributed by atoms with E-state index in [1.807, 2.05) is 12.1 Å². The molecule has 3 atom stereocenters. The molecule has 0 bridgehead atoms. The number of rotatable bonds is 5. The fourth-order valence-corrected chi connectivity index (χ4v) is 7.82. The van der Waals surface area contributed by atoms with Crippen molar-refractivity contribution in [3.8, 4) is 5.75 Å². The summed E-state index contributed by atoms with van der Waals surface area (Å²) in [4.78, 5) is 58.3. The number of thioether (sulfide) groups is 1. The molecule has 0 radical (unpaired) electrons. The van der Waals surface area contributed by atoms with Crippen LogP contribution in [0.3, 0.4) is 0 Å². The number of nitrogens with one attached hydrogen (secondary N) is 1. The minimum Gasteiger partial charge on any atom is -0.484 e. The van der Waals surface area contributed by atoms with E-state index in [2.05, 4.69) is 20.9 Å². The number of H-pyrrole nitrogens is 1. The van der Waals surface area contributed by atoms with Gasteiger partial charge in [-0.25, -0.2) is 4.90 Å². The van der Waals surface area contributed by atoms with Crippen LogP contribution in [-0.2, 0) is 19.1 Å². The van der Waals surface area contributed by atoms with Crippen molar-refractivity contribution in [1.29, 1.82) is 0 Å². The monoisotopic (exact) mass is 615 g/mol. The molecule has 9 nitrogen and oxygen atoms in total. The molecule has 3 aromatic rings. The van der Waals surface area contributed by atoms with Gasteiger partial charge in [-0.2, -0.15) is 0 Å². The average molecular weight is 617 g/mol. The predicted molar refractivity (Wildman–Crippen MR) is 146 cm³/mol. The number of aromatic nitrogens is 1. The van der Waals surface area contributed by atoms with Crippen molar-refractivity contribution in [3.63, 3.8) is 0 Å². The van der Waals surface area contributed by atoms with Crippen LogP contribution in [0.1, 0.15) is 16.4 Å².